The number of halogens is 1. The van der Waals surface area contributed by atoms with Crippen molar-refractivity contribution >= 4 is 27.6 Å². The zero-order valence-electron chi connectivity index (χ0n) is 22.2. The van der Waals surface area contributed by atoms with E-state index in [1.165, 1.54) is 27.3 Å². The first-order valence-electron chi connectivity index (χ1n) is 12.8. The van der Waals surface area contributed by atoms with E-state index in [-0.39, 0.29) is 24.6 Å². The minimum Gasteiger partial charge on any atom is -0.367 e. The van der Waals surface area contributed by atoms with Gasteiger partial charge in [0.05, 0.1) is 0 Å². The average molecular weight is 547 g/mol. The lowest BCUT2D eigenvalue weighted by molar-refractivity contribution is -0.186. The van der Waals surface area contributed by atoms with Crippen LogP contribution in [-0.2, 0) is 24.4 Å². The third kappa shape index (κ3) is 5.69. The van der Waals surface area contributed by atoms with Gasteiger partial charge >= 0.3 is 5.97 Å². The normalized spacial score (nSPS) is 22.8. The Kier molecular flexibility index (Phi) is 8.39. The van der Waals surface area contributed by atoms with E-state index in [1.54, 1.807) is 33.2 Å². The lowest BCUT2D eigenvalue weighted by Crippen LogP contribution is -2.58. The number of sulfonamides is 1. The smallest absolute Gasteiger partial charge is 0.349 e. The highest BCUT2D eigenvalue weighted by atomic mass is 32.2. The summed E-state index contributed by atoms with van der Waals surface area (Å²) in [7, 11) is -0.530. The fourth-order valence-electron chi connectivity index (χ4n) is 5.34. The van der Waals surface area contributed by atoms with Gasteiger partial charge in [0.1, 0.15) is 17.1 Å². The Morgan fingerprint density at radius 3 is 2.42 bits per heavy atom. The van der Waals surface area contributed by atoms with Gasteiger partial charge in [-0.3, -0.25) is 4.79 Å². The van der Waals surface area contributed by atoms with Crippen LogP contribution in [0.1, 0.15) is 49.1 Å². The molecule has 4 rings (SSSR count). The van der Waals surface area contributed by atoms with Crippen molar-refractivity contribution in [3.63, 3.8) is 0 Å². The first-order valence-corrected chi connectivity index (χ1v) is 14.3. The standard InChI is InChI=1S/C27H35FN4O5S/c1-19(32-14-8-11-26(38(32,35)36)21-9-6-5-7-10-21)23-13-12-22(17-24(23)28)30-15-16-31(20(2)33)25(18-30)27(34)37-29(3)4/h5-7,9-10,12-13,17,19,25-26H,8,11,14-16,18H2,1-4H3/t19?,25-,26?/m0/s1. The summed E-state index contributed by atoms with van der Waals surface area (Å²) in [5, 5.41) is 0.616. The largest absolute Gasteiger partial charge is 0.367 e. The van der Waals surface area contributed by atoms with Crippen molar-refractivity contribution in [3.05, 3.63) is 65.5 Å². The zero-order valence-corrected chi connectivity index (χ0v) is 23.0. The maximum Gasteiger partial charge on any atom is 0.349 e. The fraction of sp³-hybridized carbons (Fsp3) is 0.481. The quantitative estimate of drug-likeness (QED) is 0.515. The Hall–Kier alpha value is -3.02. The van der Waals surface area contributed by atoms with Crippen molar-refractivity contribution < 1.29 is 27.2 Å². The van der Waals surface area contributed by atoms with E-state index < -0.39 is 39.1 Å². The predicted octanol–water partition coefficient (Wildman–Crippen LogP) is 3.11. The zero-order chi connectivity index (χ0) is 27.6. The SMILES string of the molecule is CC(=O)N1CCN(c2ccc(C(C)N3CCCC(c4ccccc4)S3(=O)=O)c(F)c2)C[C@H]1C(=O)ON(C)C. The summed E-state index contributed by atoms with van der Waals surface area (Å²) in [6.45, 7) is 4.30. The van der Waals surface area contributed by atoms with E-state index in [4.69, 9.17) is 4.84 Å². The third-order valence-corrected chi connectivity index (χ3v) is 9.64. The molecule has 0 spiro atoms. The molecule has 0 saturated carbocycles. The molecule has 206 valence electrons. The number of hydroxylamine groups is 2. The summed E-state index contributed by atoms with van der Waals surface area (Å²) < 4.78 is 44.0. The van der Waals surface area contributed by atoms with Crippen LogP contribution in [0.4, 0.5) is 10.1 Å². The molecule has 0 N–H and O–H groups in total. The van der Waals surface area contributed by atoms with Gasteiger partial charge in [0, 0.05) is 64.5 Å². The molecule has 2 fully saturated rings. The second kappa shape index (κ2) is 11.4. The van der Waals surface area contributed by atoms with Gasteiger partial charge in [0.25, 0.3) is 0 Å². The Balaban J connectivity index is 1.54. The first kappa shape index (κ1) is 28.0. The number of carbonyl (C=O) groups excluding carboxylic acids is 2. The number of nitrogens with zero attached hydrogens (tertiary/aromatic N) is 4. The van der Waals surface area contributed by atoms with Crippen LogP contribution in [0.15, 0.2) is 48.5 Å². The molecule has 0 aromatic heterocycles. The minimum absolute atomic E-state index is 0.153. The highest BCUT2D eigenvalue weighted by molar-refractivity contribution is 7.89. The summed E-state index contributed by atoms with van der Waals surface area (Å²) in [6.07, 6.45) is 1.22. The molecule has 11 heteroatoms. The van der Waals surface area contributed by atoms with Crippen molar-refractivity contribution in [2.24, 2.45) is 0 Å². The maximum absolute atomic E-state index is 15.5. The van der Waals surface area contributed by atoms with Gasteiger partial charge < -0.3 is 14.6 Å². The van der Waals surface area contributed by atoms with Gasteiger partial charge in [-0.25, -0.2) is 17.6 Å². The predicted molar refractivity (Wildman–Crippen MR) is 142 cm³/mol. The molecule has 2 unspecified atom stereocenters. The maximum atomic E-state index is 15.5. The molecule has 2 aliphatic rings. The highest BCUT2D eigenvalue weighted by Crippen LogP contribution is 2.39. The number of piperazine rings is 1. The Labute approximate surface area is 223 Å². The summed E-state index contributed by atoms with van der Waals surface area (Å²) in [5.74, 6) is -1.32. The number of hydrogen-bond donors (Lipinski definition) is 0. The number of benzene rings is 2. The molecule has 1 amide bonds. The van der Waals surface area contributed by atoms with Crippen molar-refractivity contribution in [2.75, 3.05) is 45.2 Å². The van der Waals surface area contributed by atoms with Crippen LogP contribution in [-0.4, -0.2) is 80.9 Å². The highest BCUT2D eigenvalue weighted by Gasteiger charge is 2.40. The lowest BCUT2D eigenvalue weighted by Gasteiger charge is -2.41. The molecular formula is C27H35FN4O5S. The van der Waals surface area contributed by atoms with Crippen LogP contribution in [0.5, 0.6) is 0 Å². The molecule has 0 aliphatic carbocycles. The van der Waals surface area contributed by atoms with E-state index in [2.05, 4.69) is 0 Å². The van der Waals surface area contributed by atoms with E-state index in [0.29, 0.717) is 31.6 Å². The van der Waals surface area contributed by atoms with Gasteiger partial charge in [-0.15, -0.1) is 5.06 Å². The van der Waals surface area contributed by atoms with Crippen LogP contribution in [0.2, 0.25) is 0 Å². The molecule has 2 saturated heterocycles. The number of carbonyl (C=O) groups is 2. The van der Waals surface area contributed by atoms with Gasteiger partial charge in [0.15, 0.2) is 0 Å². The third-order valence-electron chi connectivity index (χ3n) is 7.26. The second-order valence-electron chi connectivity index (χ2n) is 9.98. The Bertz CT molecular complexity index is 1270. The van der Waals surface area contributed by atoms with Crippen LogP contribution < -0.4 is 4.90 Å². The molecule has 2 aromatic rings. The first-order chi connectivity index (χ1) is 18.0. The molecular weight excluding hydrogens is 511 g/mol. The van der Waals surface area contributed by atoms with Crippen LogP contribution in [0.25, 0.3) is 0 Å². The van der Waals surface area contributed by atoms with Crippen molar-refractivity contribution in [3.8, 4) is 0 Å². The van der Waals surface area contributed by atoms with Crippen molar-refractivity contribution in [2.45, 2.75) is 44.0 Å². The molecule has 3 atom stereocenters. The van der Waals surface area contributed by atoms with Gasteiger partial charge in [-0.05, 0) is 37.5 Å². The monoisotopic (exact) mass is 546 g/mol. The van der Waals surface area contributed by atoms with Crippen LogP contribution in [0.3, 0.4) is 0 Å². The van der Waals surface area contributed by atoms with Gasteiger partial charge in [-0.2, -0.15) is 4.31 Å². The van der Waals surface area contributed by atoms with Gasteiger partial charge in [-0.1, -0.05) is 36.4 Å². The van der Waals surface area contributed by atoms with E-state index >= 15 is 4.39 Å². The number of amides is 1. The summed E-state index contributed by atoms with van der Waals surface area (Å²) in [5.41, 5.74) is 1.58. The number of rotatable bonds is 6. The number of hydrogen-bond acceptors (Lipinski definition) is 7. The fourth-order valence-corrected chi connectivity index (χ4v) is 7.57. The summed E-state index contributed by atoms with van der Waals surface area (Å²) in [4.78, 5) is 33.2. The number of anilines is 1. The molecule has 9 nitrogen and oxygen atoms in total. The summed E-state index contributed by atoms with van der Waals surface area (Å²) in [6, 6.07) is 12.3. The van der Waals surface area contributed by atoms with Crippen molar-refractivity contribution in [1.29, 1.82) is 0 Å². The summed E-state index contributed by atoms with van der Waals surface area (Å²) >= 11 is 0. The van der Waals surface area contributed by atoms with Gasteiger partial charge in [0.2, 0.25) is 15.9 Å². The topological polar surface area (TPSA) is 90.5 Å². The second-order valence-corrected chi connectivity index (χ2v) is 12.0. The van der Waals surface area contributed by atoms with E-state index in [0.717, 1.165) is 5.56 Å². The lowest BCUT2D eigenvalue weighted by atomic mass is 10.0. The van der Waals surface area contributed by atoms with E-state index in [9.17, 15) is 18.0 Å². The average Bonchev–Trinajstić information content (AvgIpc) is 2.87. The Morgan fingerprint density at radius 2 is 1.79 bits per heavy atom. The molecule has 2 aliphatic heterocycles. The molecule has 2 heterocycles. The molecule has 0 bridgehead atoms. The molecule has 38 heavy (non-hydrogen) atoms. The minimum atomic E-state index is -3.69. The van der Waals surface area contributed by atoms with Crippen LogP contribution >= 0.6 is 0 Å². The van der Waals surface area contributed by atoms with Crippen LogP contribution in [0, 0.1) is 5.82 Å². The van der Waals surface area contributed by atoms with E-state index in [1.807, 2.05) is 35.2 Å². The Morgan fingerprint density at radius 1 is 1.08 bits per heavy atom. The molecule has 0 radical (unpaired) electrons. The molecule has 2 aromatic carbocycles. The van der Waals surface area contributed by atoms with Crippen molar-refractivity contribution in [1.82, 2.24) is 14.3 Å².